The van der Waals surface area contributed by atoms with Crippen LogP contribution in [0.15, 0.2) is 41.3 Å². The third-order valence-electron chi connectivity index (χ3n) is 2.24. The molecule has 0 aliphatic carbocycles. The van der Waals surface area contributed by atoms with E-state index in [1.54, 1.807) is 12.4 Å². The smallest absolute Gasteiger partial charge is 0.144 e. The van der Waals surface area contributed by atoms with Crippen molar-refractivity contribution < 1.29 is 0 Å². The van der Waals surface area contributed by atoms with Crippen molar-refractivity contribution in [2.75, 3.05) is 11.9 Å². The summed E-state index contributed by atoms with van der Waals surface area (Å²) < 4.78 is 0.875. The topological polar surface area (TPSA) is 37.8 Å². The Hall–Kier alpha value is -1.13. The summed E-state index contributed by atoms with van der Waals surface area (Å²) in [5.41, 5.74) is 1.19. The number of nitrogens with zero attached hydrogens (tertiary/aromatic N) is 2. The normalized spacial score (nSPS) is 10.2. The summed E-state index contributed by atoms with van der Waals surface area (Å²) in [5.74, 6) is 0.707. The van der Waals surface area contributed by atoms with Gasteiger partial charge in [-0.3, -0.25) is 4.98 Å². The number of rotatable bonds is 4. The third-order valence-corrected chi connectivity index (χ3v) is 2.96. The first-order chi connectivity index (χ1) is 8.25. The quantitative estimate of drug-likeness (QED) is 0.938. The van der Waals surface area contributed by atoms with Crippen LogP contribution in [0.1, 0.15) is 5.56 Å². The van der Waals surface area contributed by atoms with Gasteiger partial charge >= 0.3 is 0 Å². The lowest BCUT2D eigenvalue weighted by atomic mass is 10.2. The lowest BCUT2D eigenvalue weighted by molar-refractivity contribution is 0.993. The van der Waals surface area contributed by atoms with E-state index < -0.39 is 0 Å². The second kappa shape index (κ2) is 5.98. The Morgan fingerprint density at radius 1 is 1.35 bits per heavy atom. The van der Waals surface area contributed by atoms with Crippen LogP contribution in [0.5, 0.6) is 0 Å². The third kappa shape index (κ3) is 3.68. The van der Waals surface area contributed by atoms with Gasteiger partial charge in [-0.25, -0.2) is 4.98 Å². The van der Waals surface area contributed by atoms with E-state index in [4.69, 9.17) is 11.6 Å². The molecular weight excluding hydrogens is 302 g/mol. The molecule has 0 unspecified atom stereocenters. The standard InChI is InChI=1S/C12H11BrClN3/c13-10-6-11(14)12(17-8-10)16-5-3-9-2-1-4-15-7-9/h1-2,4,6-8H,3,5H2,(H,16,17). The highest BCUT2D eigenvalue weighted by molar-refractivity contribution is 9.10. The van der Waals surface area contributed by atoms with E-state index in [1.807, 2.05) is 24.4 Å². The van der Waals surface area contributed by atoms with E-state index in [9.17, 15) is 0 Å². The fourth-order valence-corrected chi connectivity index (χ4v) is 2.11. The van der Waals surface area contributed by atoms with E-state index in [1.165, 1.54) is 5.56 Å². The molecule has 0 aliphatic heterocycles. The Kier molecular flexibility index (Phi) is 4.34. The second-order valence-electron chi connectivity index (χ2n) is 3.52. The van der Waals surface area contributed by atoms with Crippen molar-refractivity contribution in [1.82, 2.24) is 9.97 Å². The fourth-order valence-electron chi connectivity index (χ4n) is 1.42. The zero-order chi connectivity index (χ0) is 12.1. The summed E-state index contributed by atoms with van der Waals surface area (Å²) in [4.78, 5) is 8.27. The highest BCUT2D eigenvalue weighted by atomic mass is 79.9. The molecule has 0 bridgehead atoms. The second-order valence-corrected chi connectivity index (χ2v) is 4.84. The SMILES string of the molecule is Clc1cc(Br)cnc1NCCc1cccnc1. The molecule has 2 aromatic heterocycles. The van der Waals surface area contributed by atoms with Crippen molar-refractivity contribution in [3.05, 3.63) is 51.8 Å². The predicted octanol–water partition coefficient (Wildman–Crippen LogP) is 3.55. The highest BCUT2D eigenvalue weighted by Crippen LogP contribution is 2.22. The molecule has 0 aromatic carbocycles. The molecule has 2 rings (SSSR count). The van der Waals surface area contributed by atoms with Crippen LogP contribution in [0.2, 0.25) is 5.02 Å². The Morgan fingerprint density at radius 3 is 2.94 bits per heavy atom. The minimum absolute atomic E-state index is 0.616. The number of anilines is 1. The van der Waals surface area contributed by atoms with Gasteiger partial charge in [0.05, 0.1) is 5.02 Å². The van der Waals surface area contributed by atoms with Gasteiger partial charge in [0.2, 0.25) is 0 Å². The van der Waals surface area contributed by atoms with Gasteiger partial charge in [-0.1, -0.05) is 17.7 Å². The van der Waals surface area contributed by atoms with Crippen molar-refractivity contribution in [3.63, 3.8) is 0 Å². The number of nitrogens with one attached hydrogen (secondary N) is 1. The minimum Gasteiger partial charge on any atom is -0.369 e. The summed E-state index contributed by atoms with van der Waals surface area (Å²) in [6.45, 7) is 0.778. The summed E-state index contributed by atoms with van der Waals surface area (Å²) in [5, 5.41) is 3.81. The van der Waals surface area contributed by atoms with Gasteiger partial charge in [0.25, 0.3) is 0 Å². The number of aromatic nitrogens is 2. The molecule has 0 amide bonds. The molecule has 88 valence electrons. The van der Waals surface area contributed by atoms with E-state index in [0.717, 1.165) is 17.4 Å². The Balaban J connectivity index is 1.90. The average Bonchev–Trinajstić information content (AvgIpc) is 2.33. The first kappa shape index (κ1) is 12.3. The molecule has 17 heavy (non-hydrogen) atoms. The van der Waals surface area contributed by atoms with Gasteiger partial charge in [0.15, 0.2) is 0 Å². The van der Waals surface area contributed by atoms with Crippen molar-refractivity contribution in [3.8, 4) is 0 Å². The monoisotopic (exact) mass is 311 g/mol. The first-order valence-electron chi connectivity index (χ1n) is 5.19. The van der Waals surface area contributed by atoms with Crippen LogP contribution in [0.3, 0.4) is 0 Å². The van der Waals surface area contributed by atoms with E-state index in [-0.39, 0.29) is 0 Å². The van der Waals surface area contributed by atoms with Crippen molar-refractivity contribution in [2.45, 2.75) is 6.42 Å². The Labute approximate surface area is 113 Å². The van der Waals surface area contributed by atoms with Gasteiger partial charge < -0.3 is 5.32 Å². The van der Waals surface area contributed by atoms with E-state index in [0.29, 0.717) is 10.8 Å². The summed E-state index contributed by atoms with van der Waals surface area (Å²) in [7, 11) is 0. The zero-order valence-electron chi connectivity index (χ0n) is 9.03. The van der Waals surface area contributed by atoms with Crippen LogP contribution >= 0.6 is 27.5 Å². The summed E-state index contributed by atoms with van der Waals surface area (Å²) in [6.07, 6.45) is 6.24. The Bertz CT molecular complexity index is 490. The molecule has 2 aromatic rings. The molecule has 5 heteroatoms. The lowest BCUT2D eigenvalue weighted by Crippen LogP contribution is -2.06. The van der Waals surface area contributed by atoms with Crippen LogP contribution < -0.4 is 5.32 Å². The van der Waals surface area contributed by atoms with Gasteiger partial charge in [0.1, 0.15) is 5.82 Å². The molecular formula is C12H11BrClN3. The van der Waals surface area contributed by atoms with Crippen LogP contribution in [-0.2, 0) is 6.42 Å². The molecule has 0 atom stereocenters. The molecule has 0 saturated heterocycles. The molecule has 0 fully saturated rings. The number of hydrogen-bond acceptors (Lipinski definition) is 3. The summed E-state index contributed by atoms with van der Waals surface area (Å²) in [6, 6.07) is 5.80. The molecule has 1 N–H and O–H groups in total. The predicted molar refractivity (Wildman–Crippen MR) is 73.4 cm³/mol. The fraction of sp³-hybridized carbons (Fsp3) is 0.167. The molecule has 0 spiro atoms. The van der Waals surface area contributed by atoms with Gasteiger partial charge in [-0.05, 0) is 40.0 Å². The highest BCUT2D eigenvalue weighted by Gasteiger charge is 2.01. The van der Waals surface area contributed by atoms with Gasteiger partial charge in [-0.2, -0.15) is 0 Å². The molecule has 0 saturated carbocycles. The molecule has 3 nitrogen and oxygen atoms in total. The zero-order valence-corrected chi connectivity index (χ0v) is 11.4. The van der Waals surface area contributed by atoms with Crippen LogP contribution in [0.25, 0.3) is 0 Å². The Morgan fingerprint density at radius 2 is 2.24 bits per heavy atom. The van der Waals surface area contributed by atoms with Gasteiger partial charge in [-0.15, -0.1) is 0 Å². The molecule has 0 radical (unpaired) electrons. The van der Waals surface area contributed by atoms with Crippen molar-refractivity contribution in [2.24, 2.45) is 0 Å². The maximum atomic E-state index is 6.04. The first-order valence-corrected chi connectivity index (χ1v) is 6.36. The molecule has 2 heterocycles. The maximum Gasteiger partial charge on any atom is 0.144 e. The number of hydrogen-bond donors (Lipinski definition) is 1. The van der Waals surface area contributed by atoms with Crippen LogP contribution in [0, 0.1) is 0 Å². The van der Waals surface area contributed by atoms with Crippen molar-refractivity contribution >= 4 is 33.3 Å². The van der Waals surface area contributed by atoms with E-state index in [2.05, 4.69) is 31.2 Å². The maximum absolute atomic E-state index is 6.04. The minimum atomic E-state index is 0.616. The average molecular weight is 313 g/mol. The number of pyridine rings is 2. The molecule has 0 aliphatic rings. The van der Waals surface area contributed by atoms with Crippen molar-refractivity contribution in [1.29, 1.82) is 0 Å². The number of halogens is 2. The van der Waals surface area contributed by atoms with Crippen LogP contribution in [0.4, 0.5) is 5.82 Å². The van der Waals surface area contributed by atoms with Gasteiger partial charge in [0, 0.05) is 29.6 Å². The van der Waals surface area contributed by atoms with E-state index >= 15 is 0 Å². The lowest BCUT2D eigenvalue weighted by Gasteiger charge is -2.07. The summed E-state index contributed by atoms with van der Waals surface area (Å²) >= 11 is 9.36. The largest absolute Gasteiger partial charge is 0.369 e. The van der Waals surface area contributed by atoms with Crippen LogP contribution in [-0.4, -0.2) is 16.5 Å².